The monoisotopic (exact) mass is 424 g/mol. The first-order chi connectivity index (χ1) is 12.2. The zero-order valence-electron chi connectivity index (χ0n) is 14.8. The summed E-state index contributed by atoms with van der Waals surface area (Å²) in [7, 11) is 0. The van der Waals surface area contributed by atoms with Crippen LogP contribution in [0.2, 0.25) is 5.02 Å². The van der Waals surface area contributed by atoms with E-state index in [0.29, 0.717) is 5.02 Å². The van der Waals surface area contributed by atoms with Crippen LogP contribution in [0.5, 0.6) is 0 Å². The molecule has 2 unspecified atom stereocenters. The molecule has 2 heterocycles. The average molecular weight is 426 g/mol. The van der Waals surface area contributed by atoms with Crippen molar-refractivity contribution < 1.29 is 5.11 Å². The molecule has 0 amide bonds. The molecule has 0 radical (unpaired) electrons. The largest absolute Gasteiger partial charge is 0.387 e. The van der Waals surface area contributed by atoms with Crippen LogP contribution in [-0.2, 0) is 0 Å². The normalized spacial score (nSPS) is 17.6. The zero-order chi connectivity index (χ0) is 17.2. The van der Waals surface area contributed by atoms with Gasteiger partial charge in [-0.05, 0) is 49.2 Å². The summed E-state index contributed by atoms with van der Waals surface area (Å²) in [5, 5.41) is 16.2. The van der Waals surface area contributed by atoms with Gasteiger partial charge in [-0.25, -0.2) is 4.98 Å². The van der Waals surface area contributed by atoms with Gasteiger partial charge in [0.05, 0.1) is 17.3 Å². The average Bonchev–Trinajstić information content (AvgIpc) is 2.68. The predicted molar refractivity (Wildman–Crippen MR) is 117 cm³/mol. The van der Waals surface area contributed by atoms with Gasteiger partial charge in [0, 0.05) is 22.0 Å². The summed E-state index contributed by atoms with van der Waals surface area (Å²) < 4.78 is 0. The van der Waals surface area contributed by atoms with E-state index in [9.17, 15) is 5.11 Å². The van der Waals surface area contributed by atoms with Crippen LogP contribution in [0, 0.1) is 0 Å². The summed E-state index contributed by atoms with van der Waals surface area (Å²) in [6.07, 6.45) is 2.78. The van der Waals surface area contributed by atoms with E-state index in [1.54, 1.807) is 0 Å². The Labute approximate surface area is 177 Å². The Balaban J connectivity index is 0.00000131. The maximum Gasteiger partial charge on any atom is 0.0950 e. The molecule has 27 heavy (non-hydrogen) atoms. The Morgan fingerprint density at radius 3 is 2.48 bits per heavy atom. The number of piperidine rings is 1. The number of fused-ring (bicyclic) bond motifs is 1. The second-order valence-corrected chi connectivity index (χ2v) is 7.06. The van der Waals surface area contributed by atoms with E-state index in [1.165, 1.54) is 6.42 Å². The van der Waals surface area contributed by atoms with E-state index >= 15 is 0 Å². The van der Waals surface area contributed by atoms with Crippen molar-refractivity contribution in [2.24, 2.45) is 0 Å². The quantitative estimate of drug-likeness (QED) is 0.576. The number of aromatic nitrogens is 1. The third-order valence-electron chi connectivity index (χ3n) is 4.94. The van der Waals surface area contributed by atoms with Crippen LogP contribution in [0.4, 0.5) is 0 Å². The standard InChI is InChI=1S/C21H21ClN2O.2ClH/c22-15-10-8-14(9-11-15)20-13-17(16-5-1-2-6-18(16)24-20)21(25)19-7-3-4-12-23-19;;/h1-2,5-6,8-11,13,19,21,23,25H,3-4,7,12H2;2*1H. The molecule has 4 rings (SSSR count). The Kier molecular flexibility index (Phi) is 7.90. The summed E-state index contributed by atoms with van der Waals surface area (Å²) in [4.78, 5) is 4.79. The smallest absolute Gasteiger partial charge is 0.0950 e. The van der Waals surface area contributed by atoms with Gasteiger partial charge >= 0.3 is 0 Å². The van der Waals surface area contributed by atoms with Gasteiger partial charge in [0.25, 0.3) is 0 Å². The van der Waals surface area contributed by atoms with Gasteiger partial charge in [0.1, 0.15) is 0 Å². The molecule has 1 aromatic heterocycles. The third kappa shape index (κ3) is 4.74. The number of aliphatic hydroxyl groups excluding tert-OH is 1. The number of rotatable bonds is 3. The highest BCUT2D eigenvalue weighted by Gasteiger charge is 2.25. The first-order valence-electron chi connectivity index (χ1n) is 8.79. The number of hydrogen-bond donors (Lipinski definition) is 2. The highest BCUT2D eigenvalue weighted by atomic mass is 35.5. The molecular formula is C21H23Cl3N2O. The number of nitrogens with one attached hydrogen (secondary N) is 1. The summed E-state index contributed by atoms with van der Waals surface area (Å²) in [6.45, 7) is 0.967. The number of nitrogens with zero attached hydrogens (tertiary/aromatic N) is 1. The molecule has 2 aromatic carbocycles. The molecule has 2 atom stereocenters. The molecular weight excluding hydrogens is 403 g/mol. The molecule has 0 aliphatic carbocycles. The van der Waals surface area contributed by atoms with Crippen molar-refractivity contribution in [1.29, 1.82) is 0 Å². The van der Waals surface area contributed by atoms with Crippen LogP contribution in [0.1, 0.15) is 30.9 Å². The molecule has 1 saturated heterocycles. The summed E-state index contributed by atoms with van der Waals surface area (Å²) in [6, 6.07) is 17.8. The Morgan fingerprint density at radius 1 is 1.04 bits per heavy atom. The molecule has 1 fully saturated rings. The van der Waals surface area contributed by atoms with E-state index in [4.69, 9.17) is 16.6 Å². The third-order valence-corrected chi connectivity index (χ3v) is 5.19. The maximum absolute atomic E-state index is 11.0. The first kappa shape index (κ1) is 21.9. The number of para-hydroxylation sites is 1. The van der Waals surface area contributed by atoms with Crippen LogP contribution in [0.3, 0.4) is 0 Å². The number of pyridine rings is 1. The lowest BCUT2D eigenvalue weighted by Crippen LogP contribution is -2.38. The predicted octanol–water partition coefficient (Wildman–Crippen LogP) is 5.57. The van der Waals surface area contributed by atoms with Crippen LogP contribution < -0.4 is 5.32 Å². The molecule has 1 aliphatic heterocycles. The molecule has 0 spiro atoms. The molecule has 2 N–H and O–H groups in total. The molecule has 6 heteroatoms. The van der Waals surface area contributed by atoms with Gasteiger partial charge in [-0.1, -0.05) is 48.4 Å². The zero-order valence-corrected chi connectivity index (χ0v) is 17.2. The van der Waals surface area contributed by atoms with Crippen molar-refractivity contribution in [3.05, 3.63) is 65.2 Å². The minimum atomic E-state index is -0.542. The molecule has 3 aromatic rings. The van der Waals surface area contributed by atoms with Crippen LogP contribution in [0.25, 0.3) is 22.2 Å². The van der Waals surface area contributed by atoms with Crippen molar-refractivity contribution >= 4 is 47.3 Å². The fraction of sp³-hybridized carbons (Fsp3) is 0.286. The highest BCUT2D eigenvalue weighted by Crippen LogP contribution is 2.32. The number of halogens is 3. The van der Waals surface area contributed by atoms with E-state index in [-0.39, 0.29) is 30.9 Å². The first-order valence-corrected chi connectivity index (χ1v) is 9.17. The van der Waals surface area contributed by atoms with Crippen LogP contribution in [-0.4, -0.2) is 22.7 Å². The van der Waals surface area contributed by atoms with Gasteiger partial charge in [0.15, 0.2) is 0 Å². The van der Waals surface area contributed by atoms with Crippen LogP contribution >= 0.6 is 36.4 Å². The summed E-state index contributed by atoms with van der Waals surface area (Å²) in [5.41, 5.74) is 3.70. The molecule has 1 aliphatic rings. The van der Waals surface area contributed by atoms with Crippen molar-refractivity contribution in [2.45, 2.75) is 31.4 Å². The van der Waals surface area contributed by atoms with E-state index in [2.05, 4.69) is 5.32 Å². The molecule has 3 nitrogen and oxygen atoms in total. The molecule has 0 bridgehead atoms. The lowest BCUT2D eigenvalue weighted by atomic mass is 9.92. The Hall–Kier alpha value is -1.36. The Morgan fingerprint density at radius 2 is 1.78 bits per heavy atom. The van der Waals surface area contributed by atoms with Crippen molar-refractivity contribution in [2.75, 3.05) is 6.54 Å². The summed E-state index contributed by atoms with van der Waals surface area (Å²) in [5.74, 6) is 0. The second kappa shape index (κ2) is 9.72. The molecule has 0 saturated carbocycles. The van der Waals surface area contributed by atoms with E-state index < -0.39 is 6.10 Å². The van der Waals surface area contributed by atoms with Gasteiger partial charge in [0.2, 0.25) is 0 Å². The van der Waals surface area contributed by atoms with Gasteiger partial charge < -0.3 is 10.4 Å². The highest BCUT2D eigenvalue weighted by molar-refractivity contribution is 6.30. The van der Waals surface area contributed by atoms with E-state index in [1.807, 2.05) is 54.6 Å². The second-order valence-electron chi connectivity index (χ2n) is 6.62. The van der Waals surface area contributed by atoms with Gasteiger partial charge in [-0.3, -0.25) is 0 Å². The number of hydrogen-bond acceptors (Lipinski definition) is 3. The molecule has 144 valence electrons. The van der Waals surface area contributed by atoms with Gasteiger partial charge in [-0.2, -0.15) is 0 Å². The fourth-order valence-corrected chi connectivity index (χ4v) is 3.71. The topological polar surface area (TPSA) is 45.2 Å². The summed E-state index contributed by atoms with van der Waals surface area (Å²) >= 11 is 6.01. The van der Waals surface area contributed by atoms with Crippen LogP contribution in [0.15, 0.2) is 54.6 Å². The maximum atomic E-state index is 11.0. The van der Waals surface area contributed by atoms with E-state index in [0.717, 1.165) is 47.1 Å². The fourth-order valence-electron chi connectivity index (χ4n) is 3.58. The minimum absolute atomic E-state index is 0. The number of benzene rings is 2. The lowest BCUT2D eigenvalue weighted by Gasteiger charge is -2.29. The van der Waals surface area contributed by atoms with Gasteiger partial charge in [-0.15, -0.1) is 24.8 Å². The minimum Gasteiger partial charge on any atom is -0.387 e. The van der Waals surface area contributed by atoms with Crippen molar-refractivity contribution in [3.8, 4) is 11.3 Å². The Bertz CT molecular complexity index is 880. The van der Waals surface area contributed by atoms with Crippen molar-refractivity contribution in [1.82, 2.24) is 10.3 Å². The lowest BCUT2D eigenvalue weighted by molar-refractivity contribution is 0.115. The van der Waals surface area contributed by atoms with Crippen molar-refractivity contribution in [3.63, 3.8) is 0 Å². The number of aliphatic hydroxyl groups is 1. The SMILES string of the molecule is Cl.Cl.OC(c1cc(-c2ccc(Cl)cc2)nc2ccccc12)C1CCCCN1.